The van der Waals surface area contributed by atoms with E-state index in [9.17, 15) is 4.79 Å². The summed E-state index contributed by atoms with van der Waals surface area (Å²) >= 11 is 1.74. The van der Waals surface area contributed by atoms with E-state index in [-0.39, 0.29) is 5.92 Å². The van der Waals surface area contributed by atoms with Gasteiger partial charge < -0.3 is 9.53 Å². The first-order chi connectivity index (χ1) is 8.17. The average molecular weight is 252 g/mol. The summed E-state index contributed by atoms with van der Waals surface area (Å²) in [6, 6.07) is 4.26. The van der Waals surface area contributed by atoms with Crippen LogP contribution in [0.2, 0.25) is 0 Å². The monoisotopic (exact) mass is 252 g/mol. The highest BCUT2D eigenvalue weighted by Gasteiger charge is 2.14. The van der Waals surface area contributed by atoms with Crippen molar-refractivity contribution in [2.45, 2.75) is 37.5 Å². The molecule has 1 atom stereocenters. The van der Waals surface area contributed by atoms with Gasteiger partial charge in [-0.15, -0.1) is 11.8 Å². The third-order valence-electron chi connectivity index (χ3n) is 2.99. The number of rotatable bonds is 6. The van der Waals surface area contributed by atoms with Crippen LogP contribution in [0.25, 0.3) is 0 Å². The number of carbonyl (C=O) groups is 1. The third-order valence-corrected chi connectivity index (χ3v) is 3.81. The van der Waals surface area contributed by atoms with E-state index in [1.54, 1.807) is 18.9 Å². The van der Waals surface area contributed by atoms with Gasteiger partial charge in [0.05, 0.1) is 7.11 Å². The summed E-state index contributed by atoms with van der Waals surface area (Å²) in [5.41, 5.74) is 2.43. The number of carbonyl (C=O) groups excluding carboxylic acids is 1. The minimum atomic E-state index is 0.208. The van der Waals surface area contributed by atoms with Crippen LogP contribution in [0.15, 0.2) is 17.0 Å². The number of hydrogen-bond donors (Lipinski definition) is 0. The molecule has 0 radical (unpaired) electrons. The molecule has 0 fully saturated rings. The predicted molar refractivity (Wildman–Crippen MR) is 73.2 cm³/mol. The van der Waals surface area contributed by atoms with Gasteiger partial charge in [-0.05, 0) is 41.9 Å². The first-order valence-electron chi connectivity index (χ1n) is 5.86. The molecule has 1 aromatic carbocycles. The van der Waals surface area contributed by atoms with E-state index < -0.39 is 0 Å². The molecular formula is C14H20O2S. The molecule has 0 aliphatic carbocycles. The second-order valence-corrected chi connectivity index (χ2v) is 4.91. The van der Waals surface area contributed by atoms with Gasteiger partial charge in [0.2, 0.25) is 0 Å². The van der Waals surface area contributed by atoms with Crippen molar-refractivity contribution in [3.8, 4) is 5.75 Å². The molecule has 1 rings (SSSR count). The fraction of sp³-hybridized carbons (Fsp3) is 0.500. The van der Waals surface area contributed by atoms with Crippen LogP contribution in [-0.4, -0.2) is 19.7 Å². The Bertz CT molecular complexity index is 388. The summed E-state index contributed by atoms with van der Waals surface area (Å²) in [7, 11) is 1.69. The highest BCUT2D eigenvalue weighted by molar-refractivity contribution is 7.98. The highest BCUT2D eigenvalue weighted by Crippen LogP contribution is 2.34. The van der Waals surface area contributed by atoms with Gasteiger partial charge in [-0.1, -0.05) is 13.8 Å². The Morgan fingerprint density at radius 3 is 2.65 bits per heavy atom. The molecule has 0 aliphatic rings. The molecule has 2 nitrogen and oxygen atoms in total. The number of hydrogen-bond acceptors (Lipinski definition) is 3. The minimum absolute atomic E-state index is 0.208. The molecule has 94 valence electrons. The summed E-state index contributed by atoms with van der Waals surface area (Å²) in [6.45, 7) is 4.20. The van der Waals surface area contributed by atoms with Crippen LogP contribution in [0.5, 0.6) is 5.75 Å². The Kier molecular flexibility index (Phi) is 5.56. The van der Waals surface area contributed by atoms with Crippen LogP contribution < -0.4 is 4.74 Å². The lowest BCUT2D eigenvalue weighted by atomic mass is 9.95. The van der Waals surface area contributed by atoms with Crippen LogP contribution in [0.3, 0.4) is 0 Å². The quantitative estimate of drug-likeness (QED) is 0.571. The lowest BCUT2D eigenvalue weighted by molar-refractivity contribution is -0.108. The van der Waals surface area contributed by atoms with Crippen LogP contribution >= 0.6 is 11.8 Å². The fourth-order valence-electron chi connectivity index (χ4n) is 1.92. The van der Waals surface area contributed by atoms with Crippen molar-refractivity contribution < 1.29 is 9.53 Å². The molecule has 0 saturated heterocycles. The Morgan fingerprint density at radius 2 is 2.18 bits per heavy atom. The standard InChI is InChI=1S/C14H20O2S/c1-5-11-8-13(16-3)12(9-14(11)17-4)10(2)6-7-15/h7-10H,5-6H2,1-4H3. The van der Waals surface area contributed by atoms with E-state index >= 15 is 0 Å². The number of aldehydes is 1. The zero-order valence-corrected chi connectivity index (χ0v) is 11.8. The van der Waals surface area contributed by atoms with Crippen molar-refractivity contribution in [3.63, 3.8) is 0 Å². The van der Waals surface area contributed by atoms with Crippen LogP contribution in [0.4, 0.5) is 0 Å². The first kappa shape index (κ1) is 14.1. The maximum absolute atomic E-state index is 10.6. The summed E-state index contributed by atoms with van der Waals surface area (Å²) < 4.78 is 5.43. The largest absolute Gasteiger partial charge is 0.496 e. The Labute approximate surface area is 108 Å². The van der Waals surface area contributed by atoms with Gasteiger partial charge in [-0.3, -0.25) is 0 Å². The Balaban J connectivity index is 3.22. The highest BCUT2D eigenvalue weighted by atomic mass is 32.2. The van der Waals surface area contributed by atoms with Gasteiger partial charge in [-0.2, -0.15) is 0 Å². The van der Waals surface area contributed by atoms with Crippen molar-refractivity contribution in [3.05, 3.63) is 23.3 Å². The van der Waals surface area contributed by atoms with Gasteiger partial charge in [-0.25, -0.2) is 0 Å². The molecule has 0 saturated carbocycles. The van der Waals surface area contributed by atoms with Crippen LogP contribution in [0, 0.1) is 0 Å². The van der Waals surface area contributed by atoms with Crippen molar-refractivity contribution >= 4 is 18.0 Å². The number of ether oxygens (including phenoxy) is 1. The molecule has 0 aliphatic heterocycles. The molecule has 17 heavy (non-hydrogen) atoms. The van der Waals surface area contributed by atoms with E-state index in [4.69, 9.17) is 4.74 Å². The van der Waals surface area contributed by atoms with E-state index in [2.05, 4.69) is 32.2 Å². The predicted octanol–water partition coefficient (Wildman–Crippen LogP) is 3.67. The summed E-state index contributed by atoms with van der Waals surface area (Å²) in [5, 5.41) is 0. The molecule has 3 heteroatoms. The fourth-order valence-corrected chi connectivity index (χ4v) is 2.63. The van der Waals surface area contributed by atoms with Gasteiger partial charge in [0, 0.05) is 11.3 Å². The Hall–Kier alpha value is -0.960. The second-order valence-electron chi connectivity index (χ2n) is 4.06. The lowest BCUT2D eigenvalue weighted by Gasteiger charge is -2.17. The normalized spacial score (nSPS) is 12.2. The van der Waals surface area contributed by atoms with E-state index in [1.165, 1.54) is 10.5 Å². The molecule has 0 amide bonds. The molecular weight excluding hydrogens is 232 g/mol. The van der Waals surface area contributed by atoms with Crippen LogP contribution in [-0.2, 0) is 11.2 Å². The van der Waals surface area contributed by atoms with Crippen molar-refractivity contribution in [2.75, 3.05) is 13.4 Å². The molecule has 0 bridgehead atoms. The topological polar surface area (TPSA) is 26.3 Å². The van der Waals surface area contributed by atoms with E-state index in [0.717, 1.165) is 24.0 Å². The zero-order valence-electron chi connectivity index (χ0n) is 10.9. The SMILES string of the molecule is CCc1cc(OC)c(C(C)CC=O)cc1SC. The average Bonchev–Trinajstić information content (AvgIpc) is 2.37. The number of aryl methyl sites for hydroxylation is 1. The molecule has 0 N–H and O–H groups in total. The van der Waals surface area contributed by atoms with E-state index in [0.29, 0.717) is 6.42 Å². The first-order valence-corrected chi connectivity index (χ1v) is 7.08. The van der Waals surface area contributed by atoms with E-state index in [1.807, 2.05) is 0 Å². The van der Waals surface area contributed by atoms with Crippen molar-refractivity contribution in [1.82, 2.24) is 0 Å². The van der Waals surface area contributed by atoms with Crippen LogP contribution in [0.1, 0.15) is 37.3 Å². The molecule has 0 heterocycles. The summed E-state index contributed by atoms with van der Waals surface area (Å²) in [5.74, 6) is 1.10. The number of thioether (sulfide) groups is 1. The Morgan fingerprint density at radius 1 is 1.47 bits per heavy atom. The smallest absolute Gasteiger partial charge is 0.122 e. The van der Waals surface area contributed by atoms with Gasteiger partial charge >= 0.3 is 0 Å². The maximum atomic E-state index is 10.6. The molecule has 0 spiro atoms. The van der Waals surface area contributed by atoms with Crippen molar-refractivity contribution in [2.24, 2.45) is 0 Å². The zero-order chi connectivity index (χ0) is 12.8. The molecule has 1 unspecified atom stereocenters. The second kappa shape index (κ2) is 6.70. The summed E-state index contributed by atoms with van der Waals surface area (Å²) in [4.78, 5) is 11.9. The van der Waals surface area contributed by atoms with Gasteiger partial charge in [0.25, 0.3) is 0 Å². The third kappa shape index (κ3) is 3.25. The minimum Gasteiger partial charge on any atom is -0.496 e. The summed E-state index contributed by atoms with van der Waals surface area (Å²) in [6.07, 6.45) is 4.58. The number of methoxy groups -OCH3 is 1. The maximum Gasteiger partial charge on any atom is 0.122 e. The lowest BCUT2D eigenvalue weighted by Crippen LogP contribution is -2.01. The van der Waals surface area contributed by atoms with Gasteiger partial charge in [0.1, 0.15) is 12.0 Å². The van der Waals surface area contributed by atoms with Gasteiger partial charge in [0.15, 0.2) is 0 Å². The molecule has 0 aromatic heterocycles. The molecule has 1 aromatic rings. The number of benzene rings is 1. The van der Waals surface area contributed by atoms with Crippen molar-refractivity contribution in [1.29, 1.82) is 0 Å².